The minimum atomic E-state index is -3.73. The van der Waals surface area contributed by atoms with Crippen molar-refractivity contribution in [3.8, 4) is 0 Å². The lowest BCUT2D eigenvalue weighted by Crippen LogP contribution is -2.41. The molecular weight excluding hydrogens is 374 g/mol. The third kappa shape index (κ3) is 3.37. The molecule has 0 radical (unpaired) electrons. The third-order valence-corrected chi connectivity index (χ3v) is 7.84. The highest BCUT2D eigenvalue weighted by molar-refractivity contribution is 7.92. The molecule has 0 bridgehead atoms. The lowest BCUT2D eigenvalue weighted by Gasteiger charge is -2.34. The number of nitrogens with one attached hydrogen (secondary N) is 1. The van der Waals surface area contributed by atoms with E-state index in [1.807, 2.05) is 30.3 Å². The summed E-state index contributed by atoms with van der Waals surface area (Å²) < 4.78 is 27.8. The monoisotopic (exact) mass is 397 g/mol. The molecule has 28 heavy (non-hydrogen) atoms. The highest BCUT2D eigenvalue weighted by Gasteiger charge is 2.38. The van der Waals surface area contributed by atoms with E-state index in [-0.39, 0.29) is 16.4 Å². The van der Waals surface area contributed by atoms with Gasteiger partial charge in [-0.15, -0.1) is 0 Å². The van der Waals surface area contributed by atoms with Crippen molar-refractivity contribution in [2.45, 2.75) is 23.0 Å². The normalized spacial score (nSPS) is 17.6. The van der Waals surface area contributed by atoms with E-state index in [2.05, 4.69) is 4.98 Å². The maximum atomic E-state index is 13.9. The Morgan fingerprint density at radius 1 is 0.964 bits per heavy atom. The van der Waals surface area contributed by atoms with Crippen LogP contribution in [-0.2, 0) is 9.84 Å². The molecule has 0 amide bonds. The Morgan fingerprint density at radius 2 is 1.68 bits per heavy atom. The van der Waals surface area contributed by atoms with E-state index < -0.39 is 15.1 Å². The van der Waals surface area contributed by atoms with Crippen LogP contribution in [0.2, 0.25) is 0 Å². The quantitative estimate of drug-likeness (QED) is 0.660. The first-order chi connectivity index (χ1) is 13.5. The molecule has 1 saturated heterocycles. The van der Waals surface area contributed by atoms with Crippen molar-refractivity contribution in [2.24, 2.45) is 11.8 Å². The van der Waals surface area contributed by atoms with E-state index in [0.29, 0.717) is 36.7 Å². The first kappa shape index (κ1) is 18.9. The zero-order valence-corrected chi connectivity index (χ0v) is 16.2. The summed E-state index contributed by atoms with van der Waals surface area (Å²) in [5.74, 6) is 5.86. The second-order valence-electron chi connectivity index (χ2n) is 7.27. The Labute approximate surface area is 163 Å². The van der Waals surface area contributed by atoms with Gasteiger partial charge in [0.05, 0.1) is 10.1 Å². The van der Waals surface area contributed by atoms with Crippen LogP contribution in [0.1, 0.15) is 23.7 Å². The van der Waals surface area contributed by atoms with E-state index in [0.717, 1.165) is 5.56 Å². The molecule has 1 atom stereocenters. The molecule has 2 heterocycles. The Balaban J connectivity index is 1.89. The van der Waals surface area contributed by atoms with Gasteiger partial charge < -0.3 is 4.98 Å². The zero-order valence-electron chi connectivity index (χ0n) is 15.4. The molecule has 1 aromatic heterocycles. The van der Waals surface area contributed by atoms with E-state index >= 15 is 0 Å². The number of piperidine rings is 1. The first-order valence-corrected chi connectivity index (χ1v) is 10.9. The molecule has 146 valence electrons. The number of fused-ring (bicyclic) bond motifs is 1. The summed E-state index contributed by atoms with van der Waals surface area (Å²) in [6.45, 7) is 1.33. The van der Waals surface area contributed by atoms with Crippen LogP contribution >= 0.6 is 0 Å². The van der Waals surface area contributed by atoms with Crippen LogP contribution in [-0.4, -0.2) is 31.5 Å². The number of hydrazine groups is 1. The van der Waals surface area contributed by atoms with Crippen LogP contribution in [0.5, 0.6) is 0 Å². The van der Waals surface area contributed by atoms with E-state index in [9.17, 15) is 13.2 Å². The van der Waals surface area contributed by atoms with Crippen LogP contribution in [0.25, 0.3) is 10.8 Å². The van der Waals surface area contributed by atoms with Gasteiger partial charge >= 0.3 is 0 Å². The fourth-order valence-corrected chi connectivity index (χ4v) is 6.47. The fraction of sp³-hybridized carbons (Fsp3) is 0.286. The number of rotatable bonds is 4. The number of sulfone groups is 1. The minimum Gasteiger partial charge on any atom is -0.329 e. The van der Waals surface area contributed by atoms with Crippen LogP contribution in [0.15, 0.2) is 70.5 Å². The molecule has 3 N–H and O–H groups in total. The number of benzene rings is 2. The number of nitrogens with two attached hydrogens (primary N) is 1. The van der Waals surface area contributed by atoms with Crippen LogP contribution in [0.3, 0.4) is 0 Å². The number of aromatic amines is 1. The van der Waals surface area contributed by atoms with E-state index in [1.165, 1.54) is 6.20 Å². The summed E-state index contributed by atoms with van der Waals surface area (Å²) in [5, 5.41) is 1.91. The maximum absolute atomic E-state index is 13.9. The first-order valence-electron chi connectivity index (χ1n) is 9.37. The number of H-pyrrole nitrogens is 1. The van der Waals surface area contributed by atoms with Gasteiger partial charge in [0, 0.05) is 30.1 Å². The van der Waals surface area contributed by atoms with Crippen molar-refractivity contribution < 1.29 is 8.42 Å². The van der Waals surface area contributed by atoms with Gasteiger partial charge in [0.15, 0.2) is 9.84 Å². The molecule has 1 aliphatic heterocycles. The molecule has 6 nitrogen and oxygen atoms in total. The molecule has 2 aromatic carbocycles. The van der Waals surface area contributed by atoms with Crippen molar-refractivity contribution in [1.29, 1.82) is 0 Å². The standard InChI is InChI=1S/C21H23N3O3S/c22-24-13-10-16(11-14-24)20(15-5-2-1-3-6-15)28(26,27)19-8-4-7-18-17(19)9-12-23-21(18)25/h1-9,12,16,20H,10-11,13-14,22H2,(H,23,25). The van der Waals surface area contributed by atoms with Crippen molar-refractivity contribution in [3.05, 3.63) is 76.7 Å². The zero-order chi connectivity index (χ0) is 19.7. The van der Waals surface area contributed by atoms with E-state index in [4.69, 9.17) is 5.84 Å². The smallest absolute Gasteiger partial charge is 0.255 e. The Bertz CT molecular complexity index is 1130. The van der Waals surface area contributed by atoms with Gasteiger partial charge in [-0.1, -0.05) is 36.4 Å². The van der Waals surface area contributed by atoms with Gasteiger partial charge in [-0.05, 0) is 42.5 Å². The molecule has 4 rings (SSSR count). The number of pyridine rings is 1. The van der Waals surface area contributed by atoms with Gasteiger partial charge in [-0.25, -0.2) is 13.4 Å². The van der Waals surface area contributed by atoms with Crippen molar-refractivity contribution >= 4 is 20.6 Å². The highest BCUT2D eigenvalue weighted by Crippen LogP contribution is 2.41. The number of hydrogen-bond acceptors (Lipinski definition) is 5. The van der Waals surface area contributed by atoms with Crippen LogP contribution in [0, 0.1) is 5.92 Å². The Hall–Kier alpha value is -2.48. The molecule has 3 aromatic rings. The third-order valence-electron chi connectivity index (χ3n) is 5.55. The van der Waals surface area contributed by atoms with E-state index in [1.54, 1.807) is 29.3 Å². The molecule has 0 spiro atoms. The van der Waals surface area contributed by atoms with Gasteiger partial charge in [-0.3, -0.25) is 10.6 Å². The summed E-state index contributed by atoms with van der Waals surface area (Å²) in [6.07, 6.45) is 2.91. The van der Waals surface area contributed by atoms with Gasteiger partial charge in [-0.2, -0.15) is 0 Å². The topological polar surface area (TPSA) is 96.3 Å². The molecule has 1 unspecified atom stereocenters. The summed E-state index contributed by atoms with van der Waals surface area (Å²) in [6, 6.07) is 15.9. The molecule has 0 aliphatic carbocycles. The van der Waals surface area contributed by atoms with Crippen molar-refractivity contribution in [2.75, 3.05) is 13.1 Å². The summed E-state index contributed by atoms with van der Waals surface area (Å²) in [5.41, 5.74) is 0.488. The van der Waals surface area contributed by atoms with Gasteiger partial charge in [0.2, 0.25) is 0 Å². The van der Waals surface area contributed by atoms with Crippen LogP contribution in [0.4, 0.5) is 0 Å². The highest BCUT2D eigenvalue weighted by atomic mass is 32.2. The summed E-state index contributed by atoms with van der Waals surface area (Å²) in [4.78, 5) is 15.0. The van der Waals surface area contributed by atoms with Gasteiger partial charge in [0.1, 0.15) is 0 Å². The lowest BCUT2D eigenvalue weighted by molar-refractivity contribution is 0.184. The molecule has 0 saturated carbocycles. The number of hydrogen-bond donors (Lipinski definition) is 2. The number of nitrogens with zero attached hydrogens (tertiary/aromatic N) is 1. The second-order valence-corrected chi connectivity index (χ2v) is 9.31. The largest absolute Gasteiger partial charge is 0.329 e. The van der Waals surface area contributed by atoms with Crippen LogP contribution < -0.4 is 11.4 Å². The minimum absolute atomic E-state index is 0.0375. The maximum Gasteiger partial charge on any atom is 0.255 e. The van der Waals surface area contributed by atoms with Crippen molar-refractivity contribution in [1.82, 2.24) is 9.99 Å². The predicted octanol–water partition coefficient (Wildman–Crippen LogP) is 2.63. The lowest BCUT2D eigenvalue weighted by atomic mass is 9.90. The Kier molecular flexibility index (Phi) is 5.05. The van der Waals surface area contributed by atoms with Crippen molar-refractivity contribution in [3.63, 3.8) is 0 Å². The summed E-state index contributed by atoms with van der Waals surface area (Å²) >= 11 is 0. The Morgan fingerprint density at radius 3 is 2.39 bits per heavy atom. The predicted molar refractivity (Wildman–Crippen MR) is 109 cm³/mol. The molecular formula is C21H23N3O3S. The fourth-order valence-electron chi connectivity index (χ4n) is 4.15. The average Bonchev–Trinajstić information content (AvgIpc) is 2.70. The molecule has 1 fully saturated rings. The number of aromatic nitrogens is 1. The van der Waals surface area contributed by atoms with Gasteiger partial charge in [0.25, 0.3) is 5.56 Å². The molecule has 1 aliphatic rings. The second kappa shape index (κ2) is 7.50. The summed E-state index contributed by atoms with van der Waals surface area (Å²) in [7, 11) is -3.73. The molecule has 7 heteroatoms. The SMILES string of the molecule is NN1CCC(C(c2ccccc2)S(=O)(=O)c2cccc3c(=O)[nH]ccc23)CC1. The average molecular weight is 398 g/mol.